The highest BCUT2D eigenvalue weighted by Crippen LogP contribution is 2.06. The van der Waals surface area contributed by atoms with E-state index in [2.05, 4.69) is 10.3 Å². The second-order valence-corrected chi connectivity index (χ2v) is 2.61. The largest absolute Gasteiger partial charge is 0.476 e. The average Bonchev–Trinajstić information content (AvgIpc) is 2.19. The van der Waals surface area contributed by atoms with Crippen LogP contribution in [0.1, 0.15) is 5.56 Å². The Labute approximate surface area is 77.6 Å². The highest BCUT2D eigenvalue weighted by molar-refractivity contribution is 5.16. The maximum absolute atomic E-state index is 8.75. The van der Waals surface area contributed by atoms with Crippen molar-refractivity contribution in [1.29, 1.82) is 0 Å². The van der Waals surface area contributed by atoms with Crippen molar-refractivity contribution in [3.05, 3.63) is 23.9 Å². The maximum atomic E-state index is 8.75. The molecule has 0 fully saturated rings. The number of nitrogens with zero attached hydrogens (tertiary/aromatic N) is 1. The van der Waals surface area contributed by atoms with Crippen LogP contribution in [-0.2, 0) is 6.61 Å². The van der Waals surface area contributed by atoms with Gasteiger partial charge in [0.15, 0.2) is 0 Å². The summed E-state index contributed by atoms with van der Waals surface area (Å²) >= 11 is 0. The van der Waals surface area contributed by atoms with Crippen LogP contribution in [0.2, 0.25) is 0 Å². The molecule has 0 aliphatic heterocycles. The maximum Gasteiger partial charge on any atom is 0.213 e. The molecule has 4 heteroatoms. The van der Waals surface area contributed by atoms with Crippen LogP contribution >= 0.6 is 0 Å². The van der Waals surface area contributed by atoms with Gasteiger partial charge in [-0.25, -0.2) is 4.98 Å². The highest BCUT2D eigenvalue weighted by atomic mass is 16.5. The fourth-order valence-corrected chi connectivity index (χ4v) is 0.847. The number of hydrogen-bond donors (Lipinski definition) is 2. The molecule has 0 saturated heterocycles. The van der Waals surface area contributed by atoms with Crippen LogP contribution in [0.4, 0.5) is 0 Å². The molecular formula is C9H14N2O2. The van der Waals surface area contributed by atoms with Crippen LogP contribution in [0.25, 0.3) is 0 Å². The van der Waals surface area contributed by atoms with Gasteiger partial charge in [-0.3, -0.25) is 0 Å². The SMILES string of the molecule is CNCCOc1ccc(CO)cn1. The van der Waals surface area contributed by atoms with Gasteiger partial charge >= 0.3 is 0 Å². The Hall–Kier alpha value is -1.13. The van der Waals surface area contributed by atoms with E-state index in [1.807, 2.05) is 7.05 Å². The zero-order valence-electron chi connectivity index (χ0n) is 7.66. The summed E-state index contributed by atoms with van der Waals surface area (Å²) in [5.74, 6) is 0.590. The van der Waals surface area contributed by atoms with E-state index < -0.39 is 0 Å². The van der Waals surface area contributed by atoms with Gasteiger partial charge in [0, 0.05) is 18.8 Å². The Bertz CT molecular complexity index is 236. The highest BCUT2D eigenvalue weighted by Gasteiger charge is 1.94. The number of aromatic nitrogens is 1. The second-order valence-electron chi connectivity index (χ2n) is 2.61. The van der Waals surface area contributed by atoms with Crippen molar-refractivity contribution in [2.45, 2.75) is 6.61 Å². The number of pyridine rings is 1. The van der Waals surface area contributed by atoms with Crippen molar-refractivity contribution in [3.63, 3.8) is 0 Å². The summed E-state index contributed by atoms with van der Waals surface area (Å²) in [6.07, 6.45) is 1.61. The minimum atomic E-state index is 0.0177. The van der Waals surface area contributed by atoms with E-state index in [0.29, 0.717) is 12.5 Å². The quantitative estimate of drug-likeness (QED) is 0.637. The third-order valence-corrected chi connectivity index (χ3v) is 1.58. The molecule has 1 rings (SSSR count). The van der Waals surface area contributed by atoms with Crippen molar-refractivity contribution in [2.75, 3.05) is 20.2 Å². The molecule has 0 spiro atoms. The molecule has 0 unspecified atom stereocenters. The van der Waals surface area contributed by atoms with Gasteiger partial charge in [-0.1, -0.05) is 0 Å². The first-order valence-corrected chi connectivity index (χ1v) is 4.20. The summed E-state index contributed by atoms with van der Waals surface area (Å²) in [6, 6.07) is 3.54. The molecule has 1 aromatic rings. The number of likely N-dealkylation sites (N-methyl/N-ethyl adjacent to an activating group) is 1. The molecule has 1 heterocycles. The van der Waals surface area contributed by atoms with Crippen molar-refractivity contribution >= 4 is 0 Å². The number of rotatable bonds is 5. The topological polar surface area (TPSA) is 54.4 Å². The van der Waals surface area contributed by atoms with Gasteiger partial charge < -0.3 is 15.2 Å². The van der Waals surface area contributed by atoms with Gasteiger partial charge in [0.05, 0.1) is 6.61 Å². The number of aliphatic hydroxyl groups excluding tert-OH is 1. The molecule has 0 aromatic carbocycles. The molecule has 13 heavy (non-hydrogen) atoms. The minimum absolute atomic E-state index is 0.0177. The summed E-state index contributed by atoms with van der Waals surface area (Å²) < 4.78 is 5.29. The molecule has 0 saturated carbocycles. The molecule has 0 bridgehead atoms. The Morgan fingerprint density at radius 1 is 1.54 bits per heavy atom. The molecule has 72 valence electrons. The Morgan fingerprint density at radius 2 is 2.38 bits per heavy atom. The molecular weight excluding hydrogens is 168 g/mol. The normalized spacial score (nSPS) is 10.0. The van der Waals surface area contributed by atoms with E-state index in [1.165, 1.54) is 0 Å². The fraction of sp³-hybridized carbons (Fsp3) is 0.444. The van der Waals surface area contributed by atoms with Crippen molar-refractivity contribution in [1.82, 2.24) is 10.3 Å². The number of nitrogens with one attached hydrogen (secondary N) is 1. The lowest BCUT2D eigenvalue weighted by atomic mass is 10.3. The van der Waals surface area contributed by atoms with E-state index in [4.69, 9.17) is 9.84 Å². The van der Waals surface area contributed by atoms with Crippen molar-refractivity contribution in [2.24, 2.45) is 0 Å². The summed E-state index contributed by atoms with van der Waals surface area (Å²) in [4.78, 5) is 4.01. The number of ether oxygens (including phenoxy) is 1. The monoisotopic (exact) mass is 182 g/mol. The molecule has 1 aromatic heterocycles. The fourth-order valence-electron chi connectivity index (χ4n) is 0.847. The molecule has 0 atom stereocenters. The molecule has 0 aliphatic carbocycles. The average molecular weight is 182 g/mol. The molecule has 0 radical (unpaired) electrons. The van der Waals surface area contributed by atoms with E-state index in [1.54, 1.807) is 18.3 Å². The van der Waals surface area contributed by atoms with E-state index in [9.17, 15) is 0 Å². The van der Waals surface area contributed by atoms with E-state index >= 15 is 0 Å². The van der Waals surface area contributed by atoms with Gasteiger partial charge in [-0.15, -0.1) is 0 Å². The first-order valence-electron chi connectivity index (χ1n) is 4.20. The van der Waals surface area contributed by atoms with Gasteiger partial charge in [0.25, 0.3) is 0 Å². The standard InChI is InChI=1S/C9H14N2O2/c1-10-4-5-13-9-3-2-8(7-12)6-11-9/h2-3,6,10,12H,4-5,7H2,1H3. The van der Waals surface area contributed by atoms with Crippen LogP contribution in [0, 0.1) is 0 Å². The lowest BCUT2D eigenvalue weighted by molar-refractivity contribution is 0.279. The van der Waals surface area contributed by atoms with Gasteiger partial charge in [-0.2, -0.15) is 0 Å². The first-order chi connectivity index (χ1) is 6.36. The van der Waals surface area contributed by atoms with Crippen molar-refractivity contribution < 1.29 is 9.84 Å². The van der Waals surface area contributed by atoms with Crippen LogP contribution in [-0.4, -0.2) is 30.3 Å². The predicted molar refractivity (Wildman–Crippen MR) is 49.6 cm³/mol. The van der Waals surface area contributed by atoms with E-state index in [0.717, 1.165) is 12.1 Å². The summed E-state index contributed by atoms with van der Waals surface area (Å²) in [5, 5.41) is 11.7. The minimum Gasteiger partial charge on any atom is -0.476 e. The third-order valence-electron chi connectivity index (χ3n) is 1.58. The molecule has 0 aliphatic rings. The summed E-state index contributed by atoms with van der Waals surface area (Å²) in [7, 11) is 1.87. The summed E-state index contributed by atoms with van der Waals surface area (Å²) in [5.41, 5.74) is 0.793. The molecule has 0 amide bonds. The van der Waals surface area contributed by atoms with Crippen LogP contribution in [0.3, 0.4) is 0 Å². The van der Waals surface area contributed by atoms with Crippen LogP contribution < -0.4 is 10.1 Å². The van der Waals surface area contributed by atoms with Gasteiger partial charge in [0.2, 0.25) is 5.88 Å². The smallest absolute Gasteiger partial charge is 0.213 e. The van der Waals surface area contributed by atoms with Crippen LogP contribution in [0.5, 0.6) is 5.88 Å². The van der Waals surface area contributed by atoms with Crippen LogP contribution in [0.15, 0.2) is 18.3 Å². The second kappa shape index (κ2) is 5.50. The van der Waals surface area contributed by atoms with Gasteiger partial charge in [-0.05, 0) is 18.7 Å². The zero-order chi connectivity index (χ0) is 9.52. The first kappa shape index (κ1) is 9.95. The third kappa shape index (κ3) is 3.40. The molecule has 4 nitrogen and oxygen atoms in total. The van der Waals surface area contributed by atoms with Gasteiger partial charge in [0.1, 0.15) is 6.61 Å². The lowest BCUT2D eigenvalue weighted by Crippen LogP contribution is -2.16. The number of aliphatic hydroxyl groups is 1. The number of hydrogen-bond acceptors (Lipinski definition) is 4. The predicted octanol–water partition coefficient (Wildman–Crippen LogP) is 0.172. The molecule has 2 N–H and O–H groups in total. The Kier molecular flexibility index (Phi) is 4.21. The Balaban J connectivity index is 2.40. The van der Waals surface area contributed by atoms with Crippen molar-refractivity contribution in [3.8, 4) is 5.88 Å². The summed E-state index contributed by atoms with van der Waals surface area (Å²) in [6.45, 7) is 1.41. The Morgan fingerprint density at radius 3 is 2.92 bits per heavy atom. The lowest BCUT2D eigenvalue weighted by Gasteiger charge is -2.04. The van der Waals surface area contributed by atoms with E-state index in [-0.39, 0.29) is 6.61 Å². The zero-order valence-corrected chi connectivity index (χ0v) is 7.66.